The summed E-state index contributed by atoms with van der Waals surface area (Å²) in [6, 6.07) is 3.80. The quantitative estimate of drug-likeness (QED) is 0.715. The van der Waals surface area contributed by atoms with Crippen molar-refractivity contribution in [2.24, 2.45) is 11.8 Å². The molecule has 8 nitrogen and oxygen atoms in total. The van der Waals surface area contributed by atoms with Crippen LogP contribution in [-0.2, 0) is 5.41 Å². The minimum Gasteiger partial charge on any atom is -0.345 e. The largest absolute Gasteiger partial charge is 0.345 e. The van der Waals surface area contributed by atoms with Gasteiger partial charge in [0.05, 0.1) is 11.6 Å². The van der Waals surface area contributed by atoms with Crippen LogP contribution < -0.4 is 5.32 Å². The van der Waals surface area contributed by atoms with Crippen molar-refractivity contribution in [2.45, 2.75) is 49.5 Å². The lowest BCUT2D eigenvalue weighted by atomic mass is 9.46. The molecule has 1 N–H and O–H groups in total. The van der Waals surface area contributed by atoms with Crippen LogP contribution in [-0.4, -0.2) is 36.5 Å². The number of hydrogen-bond acceptors (Lipinski definition) is 7. The summed E-state index contributed by atoms with van der Waals surface area (Å²) < 4.78 is 5.81. The maximum Gasteiger partial charge on any atom is 0.271 e. The lowest BCUT2D eigenvalue weighted by Gasteiger charge is -2.60. The Hall–Kier alpha value is -3.16. The summed E-state index contributed by atoms with van der Waals surface area (Å²) in [4.78, 5) is 30.0. The van der Waals surface area contributed by atoms with Crippen molar-refractivity contribution in [2.75, 3.05) is 0 Å². The van der Waals surface area contributed by atoms with Gasteiger partial charge in [-0.1, -0.05) is 5.16 Å². The van der Waals surface area contributed by atoms with Gasteiger partial charge < -0.3 is 9.84 Å². The average molecular weight is 402 g/mol. The van der Waals surface area contributed by atoms with E-state index < -0.39 is 0 Å². The van der Waals surface area contributed by atoms with Crippen LogP contribution in [0.25, 0.3) is 11.4 Å². The number of nitrogens with zero attached hydrogens (tertiary/aromatic N) is 5. The van der Waals surface area contributed by atoms with Gasteiger partial charge in [0.2, 0.25) is 11.7 Å². The molecular formula is C22H22N6O2. The second kappa shape index (κ2) is 6.42. The molecule has 0 aromatic carbocycles. The molecule has 0 radical (unpaired) electrons. The van der Waals surface area contributed by atoms with Gasteiger partial charge in [-0.25, -0.2) is 4.98 Å². The molecule has 2 unspecified atom stereocenters. The Kier molecular flexibility index (Phi) is 3.78. The molecular weight excluding hydrogens is 380 g/mol. The number of hydrogen-bond donors (Lipinski definition) is 1. The van der Waals surface area contributed by atoms with E-state index in [1.165, 1.54) is 12.6 Å². The summed E-state index contributed by atoms with van der Waals surface area (Å²) in [5.74, 6) is 2.24. The smallest absolute Gasteiger partial charge is 0.271 e. The molecule has 1 amide bonds. The topological polar surface area (TPSA) is 107 Å². The fraction of sp³-hybridized carbons (Fsp3) is 0.455. The highest BCUT2D eigenvalue weighted by Crippen LogP contribution is 2.62. The van der Waals surface area contributed by atoms with E-state index in [9.17, 15) is 4.79 Å². The second-order valence-electron chi connectivity index (χ2n) is 9.23. The Bertz CT molecular complexity index is 1070. The van der Waals surface area contributed by atoms with Gasteiger partial charge in [0, 0.05) is 35.9 Å². The normalized spacial score (nSPS) is 31.6. The molecule has 4 aliphatic rings. The third-order valence-electron chi connectivity index (χ3n) is 7.04. The third-order valence-corrected chi connectivity index (χ3v) is 7.04. The molecule has 30 heavy (non-hydrogen) atoms. The lowest BCUT2D eigenvalue weighted by molar-refractivity contribution is -0.0489. The van der Waals surface area contributed by atoms with Gasteiger partial charge in [-0.15, -0.1) is 0 Å². The highest BCUT2D eigenvalue weighted by Gasteiger charge is 2.61. The van der Waals surface area contributed by atoms with Crippen molar-refractivity contribution in [3.05, 3.63) is 54.7 Å². The lowest BCUT2D eigenvalue weighted by Crippen LogP contribution is -2.64. The molecule has 0 saturated heterocycles. The van der Waals surface area contributed by atoms with E-state index in [4.69, 9.17) is 9.51 Å². The molecule has 4 bridgehead atoms. The van der Waals surface area contributed by atoms with Crippen molar-refractivity contribution in [1.82, 2.24) is 30.4 Å². The minimum atomic E-state index is -0.248. The second-order valence-corrected chi connectivity index (χ2v) is 9.23. The SMILES string of the molecule is O=C(NC12CC3CC(C1)CC(c1nc(-c4cccnc4)no1)(C3)C2)c1cnccn1. The number of aromatic nitrogens is 5. The summed E-state index contributed by atoms with van der Waals surface area (Å²) in [5, 5.41) is 7.58. The first-order valence-corrected chi connectivity index (χ1v) is 10.5. The van der Waals surface area contributed by atoms with Gasteiger partial charge in [0.25, 0.3) is 5.91 Å². The van der Waals surface area contributed by atoms with E-state index in [2.05, 4.69) is 25.4 Å². The molecule has 3 aromatic heterocycles. The van der Waals surface area contributed by atoms with Gasteiger partial charge in [-0.05, 0) is 62.5 Å². The van der Waals surface area contributed by atoms with Gasteiger partial charge in [-0.2, -0.15) is 4.98 Å². The third kappa shape index (κ3) is 2.81. The monoisotopic (exact) mass is 402 g/mol. The summed E-state index contributed by atoms with van der Waals surface area (Å²) in [5.41, 5.74) is 0.788. The highest BCUT2D eigenvalue weighted by molar-refractivity contribution is 5.92. The number of carbonyl (C=O) groups is 1. The van der Waals surface area contributed by atoms with Crippen molar-refractivity contribution in [3.8, 4) is 11.4 Å². The Morgan fingerprint density at radius 2 is 1.90 bits per heavy atom. The first-order valence-electron chi connectivity index (χ1n) is 10.5. The number of nitrogens with one attached hydrogen (secondary N) is 1. The van der Waals surface area contributed by atoms with Crippen LogP contribution in [0.3, 0.4) is 0 Å². The summed E-state index contributed by atoms with van der Waals surface area (Å²) >= 11 is 0. The Labute approximate surface area is 173 Å². The fourth-order valence-electron chi connectivity index (χ4n) is 6.43. The first-order chi connectivity index (χ1) is 14.6. The Morgan fingerprint density at radius 3 is 2.63 bits per heavy atom. The Balaban J connectivity index is 1.32. The Morgan fingerprint density at radius 1 is 1.07 bits per heavy atom. The molecule has 8 heteroatoms. The van der Waals surface area contributed by atoms with Crippen LogP contribution >= 0.6 is 0 Å². The average Bonchev–Trinajstić information content (AvgIpc) is 3.25. The molecule has 152 valence electrons. The van der Waals surface area contributed by atoms with Crippen LogP contribution in [0.2, 0.25) is 0 Å². The van der Waals surface area contributed by atoms with Gasteiger partial charge in [0.1, 0.15) is 5.69 Å². The molecule has 3 heterocycles. The highest BCUT2D eigenvalue weighted by atomic mass is 16.5. The standard InChI is InChI=1S/C22H22N6O2/c29-19(17-12-24-4-5-25-17)27-22-9-14-6-15(10-22)8-21(7-14,13-22)20-26-18(28-30-20)16-2-1-3-23-11-16/h1-5,11-12,14-15H,6-10,13H2,(H,27,29). The zero-order chi connectivity index (χ0) is 20.2. The molecule has 0 aliphatic heterocycles. The van der Waals surface area contributed by atoms with Crippen molar-refractivity contribution in [3.63, 3.8) is 0 Å². The van der Waals surface area contributed by atoms with Gasteiger partial charge >= 0.3 is 0 Å². The molecule has 3 aromatic rings. The van der Waals surface area contributed by atoms with Crippen LogP contribution in [0.1, 0.15) is 54.9 Å². The maximum absolute atomic E-state index is 12.9. The zero-order valence-corrected chi connectivity index (χ0v) is 16.5. The van der Waals surface area contributed by atoms with Crippen molar-refractivity contribution < 1.29 is 9.32 Å². The van der Waals surface area contributed by atoms with Gasteiger partial charge in [-0.3, -0.25) is 14.8 Å². The van der Waals surface area contributed by atoms with Crippen LogP contribution in [0.15, 0.2) is 47.6 Å². The number of amides is 1. The summed E-state index contributed by atoms with van der Waals surface area (Å²) in [6.45, 7) is 0. The van der Waals surface area contributed by atoms with Gasteiger partial charge in [0.15, 0.2) is 0 Å². The van der Waals surface area contributed by atoms with E-state index in [1.54, 1.807) is 24.8 Å². The van der Waals surface area contributed by atoms with E-state index >= 15 is 0 Å². The van der Waals surface area contributed by atoms with Crippen LogP contribution in [0.5, 0.6) is 0 Å². The molecule has 0 spiro atoms. The van der Waals surface area contributed by atoms with E-state index in [1.807, 2.05) is 12.1 Å². The summed E-state index contributed by atoms with van der Waals surface area (Å²) in [6.07, 6.45) is 14.2. The molecule has 7 rings (SSSR count). The first kappa shape index (κ1) is 17.7. The van der Waals surface area contributed by atoms with E-state index in [0.717, 1.165) is 37.7 Å². The number of carbonyl (C=O) groups excluding carboxylic acids is 1. The molecule has 4 fully saturated rings. The van der Waals surface area contributed by atoms with Crippen molar-refractivity contribution >= 4 is 5.91 Å². The zero-order valence-electron chi connectivity index (χ0n) is 16.5. The van der Waals surface area contributed by atoms with Crippen LogP contribution in [0.4, 0.5) is 0 Å². The number of rotatable bonds is 4. The predicted octanol–water partition coefficient (Wildman–Crippen LogP) is 2.94. The minimum absolute atomic E-state index is 0.151. The van der Waals surface area contributed by atoms with Crippen LogP contribution in [0, 0.1) is 11.8 Å². The van der Waals surface area contributed by atoms with E-state index in [-0.39, 0.29) is 16.9 Å². The molecule has 2 atom stereocenters. The summed E-state index contributed by atoms with van der Waals surface area (Å²) in [7, 11) is 0. The maximum atomic E-state index is 12.9. The molecule has 4 aliphatic carbocycles. The number of pyridine rings is 1. The molecule has 4 saturated carbocycles. The van der Waals surface area contributed by atoms with E-state index in [0.29, 0.717) is 29.2 Å². The predicted molar refractivity (Wildman–Crippen MR) is 106 cm³/mol. The fourth-order valence-corrected chi connectivity index (χ4v) is 6.43. The van der Waals surface area contributed by atoms with Crippen molar-refractivity contribution in [1.29, 1.82) is 0 Å².